The van der Waals surface area contributed by atoms with E-state index >= 15 is 0 Å². The summed E-state index contributed by atoms with van der Waals surface area (Å²) in [6.45, 7) is 8.64. The smallest absolute Gasteiger partial charge is 0.251 e. The van der Waals surface area contributed by atoms with E-state index in [0.717, 1.165) is 16.9 Å². The van der Waals surface area contributed by atoms with Crippen LogP contribution in [0.2, 0.25) is 0 Å². The molecule has 0 saturated heterocycles. The highest BCUT2D eigenvalue weighted by Gasteiger charge is 2.15. The minimum Gasteiger partial charge on any atom is -0.496 e. The van der Waals surface area contributed by atoms with Crippen molar-refractivity contribution in [3.63, 3.8) is 0 Å². The second kappa shape index (κ2) is 9.86. The van der Waals surface area contributed by atoms with Crippen molar-refractivity contribution in [2.45, 2.75) is 45.8 Å². The number of benzene rings is 3. The number of rotatable bonds is 7. The van der Waals surface area contributed by atoms with E-state index < -0.39 is 0 Å². The monoisotopic (exact) mass is 435 g/mol. The van der Waals surface area contributed by atoms with Gasteiger partial charge >= 0.3 is 0 Å². The highest BCUT2D eigenvalue weighted by atomic mass is 19.1. The minimum atomic E-state index is -0.305. The summed E-state index contributed by atoms with van der Waals surface area (Å²) in [6, 6.07) is 19.1. The topological polar surface area (TPSA) is 47.6 Å². The first-order chi connectivity index (χ1) is 15.2. The van der Waals surface area contributed by atoms with E-state index in [1.54, 1.807) is 37.4 Å². The Morgan fingerprint density at radius 3 is 2.25 bits per heavy atom. The number of methoxy groups -OCH3 is 1. The molecule has 1 atom stereocenters. The van der Waals surface area contributed by atoms with Gasteiger partial charge in [-0.1, -0.05) is 45.0 Å². The molecule has 0 spiro atoms. The Bertz CT molecular complexity index is 1050. The van der Waals surface area contributed by atoms with Crippen LogP contribution in [0.5, 0.6) is 11.5 Å². The van der Waals surface area contributed by atoms with Crippen LogP contribution in [0.25, 0.3) is 0 Å². The van der Waals surface area contributed by atoms with Crippen LogP contribution in [0.3, 0.4) is 0 Å². The number of hydrogen-bond donors (Lipinski definition) is 1. The second-order valence-electron chi connectivity index (χ2n) is 8.84. The molecule has 1 amide bonds. The van der Waals surface area contributed by atoms with Gasteiger partial charge in [0.15, 0.2) is 0 Å². The Labute approximate surface area is 189 Å². The van der Waals surface area contributed by atoms with E-state index in [0.29, 0.717) is 11.3 Å². The molecule has 32 heavy (non-hydrogen) atoms. The van der Waals surface area contributed by atoms with E-state index in [9.17, 15) is 9.18 Å². The molecular formula is C27H30FNO3. The molecule has 3 rings (SSSR count). The molecule has 0 aliphatic heterocycles. The van der Waals surface area contributed by atoms with Crippen LogP contribution in [0.1, 0.15) is 60.8 Å². The van der Waals surface area contributed by atoms with Crippen LogP contribution >= 0.6 is 0 Å². The average Bonchev–Trinajstić information content (AvgIpc) is 2.77. The van der Waals surface area contributed by atoms with E-state index in [-0.39, 0.29) is 29.8 Å². The summed E-state index contributed by atoms with van der Waals surface area (Å²) < 4.78 is 24.5. The first kappa shape index (κ1) is 23.3. The van der Waals surface area contributed by atoms with Gasteiger partial charge in [0.1, 0.15) is 23.9 Å². The van der Waals surface area contributed by atoms with Gasteiger partial charge < -0.3 is 14.8 Å². The zero-order valence-electron chi connectivity index (χ0n) is 19.2. The zero-order chi connectivity index (χ0) is 23.3. The third kappa shape index (κ3) is 5.88. The fourth-order valence-electron chi connectivity index (χ4n) is 3.36. The molecule has 0 fully saturated rings. The standard InChI is InChI=1S/C27H30FNO3/c1-18(19-6-11-23(28)12-7-19)29-26(30)20-8-15-25(31-5)21(16-20)17-32-24-13-9-22(10-14-24)27(2,3)4/h6-16,18H,17H2,1-5H3,(H,29,30)/t18-/m1/s1. The van der Waals surface area contributed by atoms with Crippen molar-refractivity contribution in [1.82, 2.24) is 5.32 Å². The molecule has 0 saturated carbocycles. The number of ether oxygens (including phenoxy) is 2. The quantitative estimate of drug-likeness (QED) is 0.480. The Morgan fingerprint density at radius 1 is 1.00 bits per heavy atom. The second-order valence-corrected chi connectivity index (χ2v) is 8.84. The number of carbonyl (C=O) groups is 1. The summed E-state index contributed by atoms with van der Waals surface area (Å²) in [5.74, 6) is 0.875. The van der Waals surface area contributed by atoms with Crippen molar-refractivity contribution in [2.24, 2.45) is 0 Å². The summed E-state index contributed by atoms with van der Waals surface area (Å²) in [4.78, 5) is 12.8. The predicted molar refractivity (Wildman–Crippen MR) is 125 cm³/mol. The molecule has 3 aromatic carbocycles. The third-order valence-electron chi connectivity index (χ3n) is 5.37. The maximum atomic E-state index is 13.1. The van der Waals surface area contributed by atoms with Crippen molar-refractivity contribution in [2.75, 3.05) is 7.11 Å². The van der Waals surface area contributed by atoms with Gasteiger partial charge in [-0.05, 0) is 65.9 Å². The van der Waals surface area contributed by atoms with Crippen LogP contribution in [-0.2, 0) is 12.0 Å². The average molecular weight is 436 g/mol. The molecule has 0 aliphatic carbocycles. The van der Waals surface area contributed by atoms with E-state index in [4.69, 9.17) is 9.47 Å². The molecule has 0 aliphatic rings. The van der Waals surface area contributed by atoms with Crippen LogP contribution in [0.15, 0.2) is 66.7 Å². The lowest BCUT2D eigenvalue weighted by molar-refractivity contribution is 0.0939. The van der Waals surface area contributed by atoms with Gasteiger partial charge in [-0.2, -0.15) is 0 Å². The molecule has 0 unspecified atom stereocenters. The van der Waals surface area contributed by atoms with Crippen molar-refractivity contribution >= 4 is 5.91 Å². The number of carbonyl (C=O) groups excluding carboxylic acids is 1. The van der Waals surface area contributed by atoms with Gasteiger partial charge in [-0.15, -0.1) is 0 Å². The van der Waals surface area contributed by atoms with Gasteiger partial charge in [-0.3, -0.25) is 4.79 Å². The van der Waals surface area contributed by atoms with Gasteiger partial charge in [-0.25, -0.2) is 4.39 Å². The van der Waals surface area contributed by atoms with E-state index in [1.165, 1.54) is 17.7 Å². The van der Waals surface area contributed by atoms with Gasteiger partial charge in [0.05, 0.1) is 13.2 Å². The molecular weight excluding hydrogens is 405 g/mol. The van der Waals surface area contributed by atoms with Crippen molar-refractivity contribution in [3.05, 3.63) is 94.8 Å². The summed E-state index contributed by atoms with van der Waals surface area (Å²) in [5.41, 5.74) is 3.41. The Hall–Kier alpha value is -3.34. The Kier molecular flexibility index (Phi) is 7.18. The number of hydrogen-bond acceptors (Lipinski definition) is 3. The predicted octanol–water partition coefficient (Wildman–Crippen LogP) is 6.20. The number of nitrogens with one attached hydrogen (secondary N) is 1. The van der Waals surface area contributed by atoms with E-state index in [2.05, 4.69) is 38.2 Å². The Morgan fingerprint density at radius 2 is 1.66 bits per heavy atom. The molecule has 4 nitrogen and oxygen atoms in total. The van der Waals surface area contributed by atoms with Crippen LogP contribution < -0.4 is 14.8 Å². The summed E-state index contributed by atoms with van der Waals surface area (Å²) >= 11 is 0. The lowest BCUT2D eigenvalue weighted by Crippen LogP contribution is -2.26. The van der Waals surface area contributed by atoms with Crippen LogP contribution in [0.4, 0.5) is 4.39 Å². The molecule has 0 bridgehead atoms. The molecule has 0 aromatic heterocycles. The van der Waals surface area contributed by atoms with Gasteiger partial charge in [0.25, 0.3) is 5.91 Å². The summed E-state index contributed by atoms with van der Waals surface area (Å²) in [6.07, 6.45) is 0. The van der Waals surface area contributed by atoms with Gasteiger partial charge in [0.2, 0.25) is 0 Å². The largest absolute Gasteiger partial charge is 0.496 e. The highest BCUT2D eigenvalue weighted by molar-refractivity contribution is 5.94. The molecule has 5 heteroatoms. The first-order valence-electron chi connectivity index (χ1n) is 10.6. The van der Waals surface area contributed by atoms with Crippen molar-refractivity contribution in [1.29, 1.82) is 0 Å². The molecule has 3 aromatic rings. The molecule has 168 valence electrons. The maximum Gasteiger partial charge on any atom is 0.251 e. The number of amides is 1. The number of halogens is 1. The van der Waals surface area contributed by atoms with Gasteiger partial charge in [0, 0.05) is 11.1 Å². The van der Waals surface area contributed by atoms with Crippen molar-refractivity contribution in [3.8, 4) is 11.5 Å². The Balaban J connectivity index is 1.70. The first-order valence-corrected chi connectivity index (χ1v) is 10.6. The molecule has 1 N–H and O–H groups in total. The minimum absolute atomic E-state index is 0.0779. The zero-order valence-corrected chi connectivity index (χ0v) is 19.2. The fourth-order valence-corrected chi connectivity index (χ4v) is 3.36. The third-order valence-corrected chi connectivity index (χ3v) is 5.37. The normalized spacial score (nSPS) is 12.2. The summed E-state index contributed by atoms with van der Waals surface area (Å²) in [7, 11) is 1.59. The van der Waals surface area contributed by atoms with Crippen LogP contribution in [0, 0.1) is 5.82 Å². The highest BCUT2D eigenvalue weighted by Crippen LogP contribution is 2.26. The lowest BCUT2D eigenvalue weighted by atomic mass is 9.87. The fraction of sp³-hybridized carbons (Fsp3) is 0.296. The van der Waals surface area contributed by atoms with E-state index in [1.807, 2.05) is 19.1 Å². The maximum absolute atomic E-state index is 13.1. The molecule has 0 heterocycles. The lowest BCUT2D eigenvalue weighted by Gasteiger charge is -2.19. The van der Waals surface area contributed by atoms with Crippen molar-refractivity contribution < 1.29 is 18.7 Å². The summed E-state index contributed by atoms with van der Waals surface area (Å²) in [5, 5.41) is 2.95. The van der Waals surface area contributed by atoms with Crippen LogP contribution in [-0.4, -0.2) is 13.0 Å². The molecule has 0 radical (unpaired) electrons. The SMILES string of the molecule is COc1ccc(C(=O)N[C@H](C)c2ccc(F)cc2)cc1COc1ccc(C(C)(C)C)cc1.